The topological polar surface area (TPSA) is 126 Å². The van der Waals surface area contributed by atoms with Crippen LogP contribution in [0.15, 0.2) is 60.9 Å². The van der Waals surface area contributed by atoms with Crippen LogP contribution in [-0.2, 0) is 11.2 Å². The molecule has 1 amide bonds. The summed E-state index contributed by atoms with van der Waals surface area (Å²) in [6.45, 7) is 5.14. The molecule has 5 aromatic rings. The SMILES string of the molecule is CCc1nc2ccc(-c3ccc(N4CCN(C(=O)[C@@H]5C[C@@H](O)CN5)CC4)nc3)cn2c1N(C)c1nc(-c2ccc(F)cc2)c(C#N)s1. The quantitative estimate of drug-likeness (QED) is 0.266. The highest BCUT2D eigenvalue weighted by Gasteiger charge is 2.33. The molecule has 0 radical (unpaired) electrons. The van der Waals surface area contributed by atoms with E-state index in [4.69, 9.17) is 15.0 Å². The average Bonchev–Trinajstić information content (AvgIpc) is 3.84. The number of carbonyl (C=O) groups excluding carboxylic acids is 1. The van der Waals surface area contributed by atoms with Crippen molar-refractivity contribution in [2.45, 2.75) is 31.9 Å². The largest absolute Gasteiger partial charge is 0.392 e. The van der Waals surface area contributed by atoms with Gasteiger partial charge in [-0.3, -0.25) is 9.20 Å². The number of nitriles is 1. The number of nitrogens with one attached hydrogen (secondary N) is 1. The van der Waals surface area contributed by atoms with Crippen LogP contribution in [0.5, 0.6) is 0 Å². The van der Waals surface area contributed by atoms with Gasteiger partial charge in [0.2, 0.25) is 5.91 Å². The Bertz CT molecular complexity index is 1960. The predicted molar refractivity (Wildman–Crippen MR) is 179 cm³/mol. The van der Waals surface area contributed by atoms with E-state index in [2.05, 4.69) is 29.3 Å². The number of halogens is 1. The van der Waals surface area contributed by atoms with Gasteiger partial charge in [-0.2, -0.15) is 5.26 Å². The molecule has 13 heteroatoms. The first kappa shape index (κ1) is 30.7. The fourth-order valence-corrected chi connectivity index (χ4v) is 7.14. The molecule has 2 atom stereocenters. The van der Waals surface area contributed by atoms with E-state index in [0.29, 0.717) is 66.8 Å². The number of hydrogen-bond donors (Lipinski definition) is 2. The van der Waals surface area contributed by atoms with Gasteiger partial charge in [-0.05, 0) is 61.4 Å². The van der Waals surface area contributed by atoms with Crippen LogP contribution in [0.4, 0.5) is 21.2 Å². The number of imidazole rings is 1. The summed E-state index contributed by atoms with van der Waals surface area (Å²) in [5.41, 5.74) is 4.82. The van der Waals surface area contributed by atoms with Crippen LogP contribution in [0.2, 0.25) is 0 Å². The maximum absolute atomic E-state index is 13.6. The number of aromatic nitrogens is 4. The van der Waals surface area contributed by atoms with Crippen molar-refractivity contribution in [3.8, 4) is 28.5 Å². The lowest BCUT2D eigenvalue weighted by molar-refractivity contribution is -0.133. The Morgan fingerprint density at radius 3 is 2.49 bits per heavy atom. The van der Waals surface area contributed by atoms with Gasteiger partial charge in [0, 0.05) is 68.9 Å². The van der Waals surface area contributed by atoms with E-state index in [1.165, 1.54) is 23.5 Å². The van der Waals surface area contributed by atoms with Crippen LogP contribution in [0.1, 0.15) is 23.9 Å². The Kier molecular flexibility index (Phi) is 8.31. The summed E-state index contributed by atoms with van der Waals surface area (Å²) in [5.74, 6) is 1.43. The smallest absolute Gasteiger partial charge is 0.239 e. The number of pyridine rings is 2. The molecular formula is C34H34FN9O2S. The standard InChI is InChI=1S/C34H34FN9O2S/c1-3-26-32(41(2)34-40-31(28(17-36)47-34)21-4-8-24(35)9-5-21)44-20-23(7-11-30(44)39-26)22-6-10-29(38-18-22)42-12-14-43(15-13-42)33(46)27-16-25(45)19-37-27/h4-11,18,20,25,27,37,45H,3,12-16,19H2,1-2H3/t25-,27+/m1/s1. The maximum Gasteiger partial charge on any atom is 0.239 e. The number of anilines is 3. The number of aryl methyl sites for hydroxylation is 1. The molecule has 2 N–H and O–H groups in total. The second kappa shape index (κ2) is 12.7. The number of β-amino-alcohol motifs (C(OH)–C–C–N with tert-alkyl or cyclic N) is 1. The summed E-state index contributed by atoms with van der Waals surface area (Å²) in [6, 6.07) is 16.0. The van der Waals surface area contributed by atoms with Crippen LogP contribution in [0, 0.1) is 17.1 Å². The summed E-state index contributed by atoms with van der Waals surface area (Å²) >= 11 is 1.29. The first-order valence-corrected chi connectivity index (χ1v) is 16.5. The van der Waals surface area contributed by atoms with Crippen LogP contribution in [-0.4, -0.2) is 87.2 Å². The van der Waals surface area contributed by atoms with Crippen molar-refractivity contribution >= 4 is 39.7 Å². The summed E-state index contributed by atoms with van der Waals surface area (Å²) < 4.78 is 15.6. The van der Waals surface area contributed by atoms with Crippen molar-refractivity contribution in [2.75, 3.05) is 49.6 Å². The van der Waals surface area contributed by atoms with E-state index >= 15 is 0 Å². The Morgan fingerprint density at radius 1 is 1.09 bits per heavy atom. The van der Waals surface area contributed by atoms with Crippen LogP contribution in [0.25, 0.3) is 28.0 Å². The number of fused-ring (bicyclic) bond motifs is 1. The zero-order valence-corrected chi connectivity index (χ0v) is 26.9. The maximum atomic E-state index is 13.6. The van der Waals surface area contributed by atoms with E-state index in [1.807, 2.05) is 51.8 Å². The highest BCUT2D eigenvalue weighted by Crippen LogP contribution is 2.37. The molecule has 0 unspecified atom stereocenters. The molecule has 47 heavy (non-hydrogen) atoms. The van der Waals surface area contributed by atoms with Crippen LogP contribution in [0.3, 0.4) is 0 Å². The molecule has 0 spiro atoms. The van der Waals surface area contributed by atoms with Gasteiger partial charge in [0.05, 0.1) is 17.8 Å². The fraction of sp³-hybridized carbons (Fsp3) is 0.324. The Labute approximate surface area is 275 Å². The van der Waals surface area contributed by atoms with Crippen molar-refractivity contribution in [1.29, 1.82) is 5.26 Å². The van der Waals surface area contributed by atoms with Gasteiger partial charge >= 0.3 is 0 Å². The van der Waals surface area contributed by atoms with Crippen molar-refractivity contribution in [3.63, 3.8) is 0 Å². The Balaban J connectivity index is 1.11. The molecule has 0 saturated carbocycles. The number of carbonyl (C=O) groups is 1. The number of thiazole rings is 1. The van der Waals surface area contributed by atoms with Crippen molar-refractivity contribution in [2.24, 2.45) is 0 Å². The molecule has 0 bridgehead atoms. The molecule has 1 aromatic carbocycles. The monoisotopic (exact) mass is 651 g/mol. The Hall–Kier alpha value is -4.90. The molecule has 2 aliphatic rings. The fourth-order valence-electron chi connectivity index (χ4n) is 6.29. The van der Waals surface area contributed by atoms with Gasteiger partial charge in [0.1, 0.15) is 39.7 Å². The second-order valence-corrected chi connectivity index (χ2v) is 12.8. The normalized spacial score (nSPS) is 18.1. The molecule has 6 heterocycles. The van der Waals surface area contributed by atoms with E-state index in [0.717, 1.165) is 34.1 Å². The zero-order chi connectivity index (χ0) is 32.7. The van der Waals surface area contributed by atoms with Gasteiger partial charge in [0.15, 0.2) is 5.13 Å². The molecular weight excluding hydrogens is 618 g/mol. The third-order valence-corrected chi connectivity index (χ3v) is 9.88. The molecule has 2 fully saturated rings. The highest BCUT2D eigenvalue weighted by molar-refractivity contribution is 7.16. The lowest BCUT2D eigenvalue weighted by atomic mass is 10.1. The summed E-state index contributed by atoms with van der Waals surface area (Å²) in [5, 5.41) is 23.4. The summed E-state index contributed by atoms with van der Waals surface area (Å²) in [4.78, 5) is 33.8. The Morgan fingerprint density at radius 2 is 1.83 bits per heavy atom. The number of benzene rings is 1. The molecule has 2 saturated heterocycles. The number of aliphatic hydroxyl groups excluding tert-OH is 1. The van der Waals surface area contributed by atoms with Crippen molar-refractivity contribution in [3.05, 3.63) is 77.3 Å². The lowest BCUT2D eigenvalue weighted by Gasteiger charge is -2.36. The summed E-state index contributed by atoms with van der Waals surface area (Å²) in [7, 11) is 1.92. The molecule has 11 nitrogen and oxygen atoms in total. The minimum Gasteiger partial charge on any atom is -0.392 e. The first-order chi connectivity index (χ1) is 22.8. The zero-order valence-electron chi connectivity index (χ0n) is 26.1. The van der Waals surface area contributed by atoms with Crippen molar-refractivity contribution in [1.82, 2.24) is 29.6 Å². The predicted octanol–water partition coefficient (Wildman–Crippen LogP) is 4.23. The van der Waals surface area contributed by atoms with E-state index in [-0.39, 0.29) is 17.8 Å². The molecule has 240 valence electrons. The lowest BCUT2D eigenvalue weighted by Crippen LogP contribution is -2.53. The average molecular weight is 652 g/mol. The van der Waals surface area contributed by atoms with Gasteiger partial charge in [-0.15, -0.1) is 0 Å². The third-order valence-electron chi connectivity index (χ3n) is 8.84. The molecule has 2 aliphatic heterocycles. The number of amides is 1. The van der Waals surface area contributed by atoms with Gasteiger partial charge < -0.3 is 25.1 Å². The number of aliphatic hydroxyl groups is 1. The number of hydrogen-bond acceptors (Lipinski definition) is 10. The number of piperazine rings is 1. The minimum absolute atomic E-state index is 0.0596. The first-order valence-electron chi connectivity index (χ1n) is 15.7. The minimum atomic E-state index is -0.457. The third kappa shape index (κ3) is 5.91. The molecule has 0 aliphatic carbocycles. The van der Waals surface area contributed by atoms with Gasteiger partial charge in [-0.1, -0.05) is 18.3 Å². The number of rotatable bonds is 7. The van der Waals surface area contributed by atoms with E-state index < -0.39 is 6.10 Å². The highest BCUT2D eigenvalue weighted by atomic mass is 32.1. The molecule has 7 rings (SSSR count). The summed E-state index contributed by atoms with van der Waals surface area (Å²) in [6.07, 6.45) is 4.62. The van der Waals surface area contributed by atoms with E-state index in [9.17, 15) is 19.6 Å². The molecule has 4 aromatic heterocycles. The van der Waals surface area contributed by atoms with Gasteiger partial charge in [0.25, 0.3) is 0 Å². The van der Waals surface area contributed by atoms with Crippen LogP contribution < -0.4 is 15.1 Å². The van der Waals surface area contributed by atoms with Crippen molar-refractivity contribution < 1.29 is 14.3 Å². The van der Waals surface area contributed by atoms with Gasteiger partial charge in [-0.25, -0.2) is 19.3 Å². The second-order valence-electron chi connectivity index (χ2n) is 11.8. The number of nitrogens with zero attached hydrogens (tertiary/aromatic N) is 8. The van der Waals surface area contributed by atoms with E-state index in [1.54, 1.807) is 12.1 Å². The van der Waals surface area contributed by atoms with Crippen LogP contribution >= 0.6 is 11.3 Å².